The van der Waals surface area contributed by atoms with Crippen molar-refractivity contribution in [2.75, 3.05) is 6.61 Å². The molecule has 2 aliphatic rings. The average molecular weight is 339 g/mol. The lowest BCUT2D eigenvalue weighted by molar-refractivity contribution is -0.129. The zero-order valence-electron chi connectivity index (χ0n) is 13.7. The lowest BCUT2D eigenvalue weighted by Crippen LogP contribution is -2.54. The van der Waals surface area contributed by atoms with Gasteiger partial charge < -0.3 is 15.8 Å². The maximum atomic E-state index is 12.7. The molecule has 23 heavy (non-hydrogen) atoms. The van der Waals surface area contributed by atoms with Crippen LogP contribution in [-0.4, -0.2) is 24.1 Å². The fourth-order valence-corrected chi connectivity index (χ4v) is 3.78. The first-order valence-corrected chi connectivity index (χ1v) is 8.34. The Bertz CT molecular complexity index is 521. The van der Waals surface area contributed by atoms with E-state index in [-0.39, 0.29) is 41.9 Å². The van der Waals surface area contributed by atoms with Crippen LogP contribution in [0.2, 0.25) is 0 Å². The van der Waals surface area contributed by atoms with Gasteiger partial charge in [0.2, 0.25) is 5.91 Å². The monoisotopic (exact) mass is 338 g/mol. The third-order valence-electron chi connectivity index (χ3n) is 5.12. The first kappa shape index (κ1) is 18.2. The van der Waals surface area contributed by atoms with Gasteiger partial charge in [0, 0.05) is 12.1 Å². The maximum absolute atomic E-state index is 12.7. The molecule has 1 saturated heterocycles. The smallest absolute Gasteiger partial charge is 0.225 e. The number of nitrogens with one attached hydrogen (secondary N) is 1. The number of benzene rings is 1. The normalized spacial score (nSPS) is 33.7. The minimum atomic E-state index is -0.385. The van der Waals surface area contributed by atoms with Crippen LogP contribution in [0.3, 0.4) is 0 Å². The molecule has 2 fully saturated rings. The molecule has 5 heteroatoms. The number of halogens is 1. The van der Waals surface area contributed by atoms with Crippen molar-refractivity contribution >= 4 is 18.3 Å². The number of rotatable bonds is 3. The standard InChI is InChI=1S/C18H26N2O2.ClH/c1-18(19)11-6-5-9-14(18)17(21)20-15-10-12-22-16(15)13-7-3-2-4-8-13;/h2-4,7-8,14-16H,5-6,9-12,19H2,1H3,(H,20,21);1H. The van der Waals surface area contributed by atoms with Crippen molar-refractivity contribution in [1.29, 1.82) is 0 Å². The van der Waals surface area contributed by atoms with Gasteiger partial charge in [-0.25, -0.2) is 0 Å². The Hall–Kier alpha value is -1.10. The Morgan fingerprint density at radius 1 is 1.26 bits per heavy atom. The Morgan fingerprint density at radius 3 is 2.70 bits per heavy atom. The van der Waals surface area contributed by atoms with Crippen LogP contribution < -0.4 is 11.1 Å². The van der Waals surface area contributed by atoms with E-state index in [0.717, 1.165) is 37.7 Å². The molecule has 4 atom stereocenters. The molecule has 0 aromatic heterocycles. The van der Waals surface area contributed by atoms with Gasteiger partial charge in [-0.2, -0.15) is 0 Å². The van der Waals surface area contributed by atoms with Gasteiger partial charge in [-0.15, -0.1) is 12.4 Å². The molecule has 3 rings (SSSR count). The molecule has 1 aliphatic carbocycles. The Labute approximate surface area is 144 Å². The summed E-state index contributed by atoms with van der Waals surface area (Å²) in [5.41, 5.74) is 7.10. The average Bonchev–Trinajstić information content (AvgIpc) is 2.95. The number of amides is 1. The molecule has 3 N–H and O–H groups in total. The summed E-state index contributed by atoms with van der Waals surface area (Å²) in [7, 11) is 0. The van der Waals surface area contributed by atoms with E-state index in [9.17, 15) is 4.79 Å². The summed E-state index contributed by atoms with van der Waals surface area (Å²) >= 11 is 0. The third-order valence-corrected chi connectivity index (χ3v) is 5.12. The minimum absolute atomic E-state index is 0. The van der Waals surface area contributed by atoms with Crippen LogP contribution in [-0.2, 0) is 9.53 Å². The molecular weight excluding hydrogens is 312 g/mol. The highest BCUT2D eigenvalue weighted by Crippen LogP contribution is 2.33. The van der Waals surface area contributed by atoms with E-state index in [1.165, 1.54) is 0 Å². The van der Waals surface area contributed by atoms with E-state index >= 15 is 0 Å². The summed E-state index contributed by atoms with van der Waals surface area (Å²) in [6.07, 6.45) is 4.85. The highest BCUT2D eigenvalue weighted by molar-refractivity contribution is 5.85. The molecule has 1 amide bonds. The van der Waals surface area contributed by atoms with Crippen molar-refractivity contribution in [2.24, 2.45) is 11.7 Å². The molecule has 1 aliphatic heterocycles. The summed E-state index contributed by atoms with van der Waals surface area (Å²) < 4.78 is 5.85. The van der Waals surface area contributed by atoms with Crippen LogP contribution in [0.4, 0.5) is 0 Å². The van der Waals surface area contributed by atoms with Gasteiger partial charge in [-0.05, 0) is 31.7 Å². The Kier molecular flexibility index (Phi) is 6.06. The molecule has 0 bridgehead atoms. The van der Waals surface area contributed by atoms with E-state index in [0.29, 0.717) is 6.61 Å². The summed E-state index contributed by atoms with van der Waals surface area (Å²) in [4.78, 5) is 12.7. The molecule has 4 nitrogen and oxygen atoms in total. The molecule has 1 aromatic carbocycles. The summed E-state index contributed by atoms with van der Waals surface area (Å²) in [6, 6.07) is 10.2. The molecule has 128 valence electrons. The number of nitrogens with two attached hydrogens (primary N) is 1. The van der Waals surface area contributed by atoms with Crippen molar-refractivity contribution in [3.05, 3.63) is 35.9 Å². The van der Waals surface area contributed by atoms with E-state index < -0.39 is 0 Å². The highest BCUT2D eigenvalue weighted by atomic mass is 35.5. The number of hydrogen-bond acceptors (Lipinski definition) is 3. The second kappa shape index (κ2) is 7.65. The van der Waals surface area contributed by atoms with Crippen molar-refractivity contribution in [1.82, 2.24) is 5.32 Å². The van der Waals surface area contributed by atoms with Gasteiger partial charge in [0.25, 0.3) is 0 Å². The van der Waals surface area contributed by atoms with Crippen LogP contribution >= 0.6 is 12.4 Å². The quantitative estimate of drug-likeness (QED) is 0.890. The lowest BCUT2D eigenvalue weighted by Gasteiger charge is -2.38. The minimum Gasteiger partial charge on any atom is -0.371 e. The van der Waals surface area contributed by atoms with Gasteiger partial charge in [-0.3, -0.25) is 4.79 Å². The number of carbonyl (C=O) groups is 1. The largest absolute Gasteiger partial charge is 0.371 e. The fourth-order valence-electron chi connectivity index (χ4n) is 3.78. The van der Waals surface area contributed by atoms with E-state index in [1.54, 1.807) is 0 Å². The van der Waals surface area contributed by atoms with Crippen molar-refractivity contribution in [3.8, 4) is 0 Å². The number of hydrogen-bond donors (Lipinski definition) is 2. The predicted octanol–water partition coefficient (Wildman–Crippen LogP) is 2.96. The molecule has 0 radical (unpaired) electrons. The Balaban J connectivity index is 0.00000192. The fraction of sp³-hybridized carbons (Fsp3) is 0.611. The van der Waals surface area contributed by atoms with Gasteiger partial charge in [0.15, 0.2) is 0 Å². The second-order valence-electron chi connectivity index (χ2n) is 6.91. The summed E-state index contributed by atoms with van der Waals surface area (Å²) in [5.74, 6) is 0.0133. The van der Waals surface area contributed by atoms with Crippen LogP contribution in [0.1, 0.15) is 50.7 Å². The van der Waals surface area contributed by atoms with Crippen molar-refractivity contribution in [2.45, 2.75) is 56.7 Å². The first-order valence-electron chi connectivity index (χ1n) is 8.34. The van der Waals surface area contributed by atoms with Crippen molar-refractivity contribution in [3.63, 3.8) is 0 Å². The van der Waals surface area contributed by atoms with Gasteiger partial charge >= 0.3 is 0 Å². The van der Waals surface area contributed by atoms with Crippen LogP contribution in [0.5, 0.6) is 0 Å². The zero-order valence-corrected chi connectivity index (χ0v) is 14.5. The molecule has 0 spiro atoms. The highest BCUT2D eigenvalue weighted by Gasteiger charge is 2.40. The van der Waals surface area contributed by atoms with Crippen LogP contribution in [0, 0.1) is 5.92 Å². The molecule has 1 aromatic rings. The number of ether oxygens (including phenoxy) is 1. The van der Waals surface area contributed by atoms with E-state index in [2.05, 4.69) is 17.4 Å². The van der Waals surface area contributed by atoms with E-state index in [4.69, 9.17) is 10.5 Å². The zero-order chi connectivity index (χ0) is 15.6. The maximum Gasteiger partial charge on any atom is 0.225 e. The molecule has 1 saturated carbocycles. The summed E-state index contributed by atoms with van der Waals surface area (Å²) in [5, 5.41) is 3.21. The van der Waals surface area contributed by atoms with Crippen LogP contribution in [0.15, 0.2) is 30.3 Å². The molecular formula is C18H27ClN2O2. The Morgan fingerprint density at radius 2 is 2.00 bits per heavy atom. The van der Waals surface area contributed by atoms with Crippen molar-refractivity contribution < 1.29 is 9.53 Å². The second-order valence-corrected chi connectivity index (χ2v) is 6.91. The van der Waals surface area contributed by atoms with Gasteiger partial charge in [0.05, 0.1) is 12.0 Å². The lowest BCUT2D eigenvalue weighted by atomic mass is 9.74. The van der Waals surface area contributed by atoms with Gasteiger partial charge in [-0.1, -0.05) is 43.2 Å². The predicted molar refractivity (Wildman–Crippen MR) is 93.5 cm³/mol. The molecule has 1 heterocycles. The SMILES string of the molecule is CC1(N)CCCCC1C(=O)NC1CCOC1c1ccccc1.Cl. The number of carbonyl (C=O) groups excluding carboxylic acids is 1. The third kappa shape index (κ3) is 4.06. The van der Waals surface area contributed by atoms with E-state index in [1.807, 2.05) is 25.1 Å². The molecule has 4 unspecified atom stereocenters. The summed E-state index contributed by atoms with van der Waals surface area (Å²) in [6.45, 7) is 2.70. The van der Waals surface area contributed by atoms with Gasteiger partial charge in [0.1, 0.15) is 6.10 Å². The first-order chi connectivity index (χ1) is 10.6. The topological polar surface area (TPSA) is 64.4 Å². The van der Waals surface area contributed by atoms with Crippen LogP contribution in [0.25, 0.3) is 0 Å².